The van der Waals surface area contributed by atoms with Crippen molar-refractivity contribution in [1.82, 2.24) is 15.1 Å². The quantitative estimate of drug-likeness (QED) is 0.693. The Bertz CT molecular complexity index is 533. The van der Waals surface area contributed by atoms with Gasteiger partial charge in [-0.3, -0.25) is 9.80 Å². The van der Waals surface area contributed by atoms with Crippen LogP contribution in [0.4, 0.5) is 0 Å². The zero-order valence-electron chi connectivity index (χ0n) is 16.0. The van der Waals surface area contributed by atoms with Gasteiger partial charge in [0.25, 0.3) is 0 Å². The molecule has 2 atom stereocenters. The third-order valence-corrected chi connectivity index (χ3v) is 5.19. The first kappa shape index (κ1) is 24.4. The van der Waals surface area contributed by atoms with Gasteiger partial charge < -0.3 is 19.9 Å². The van der Waals surface area contributed by atoms with Gasteiger partial charge in [-0.1, -0.05) is 18.2 Å². The van der Waals surface area contributed by atoms with Crippen LogP contribution in [0.25, 0.3) is 0 Å². The van der Waals surface area contributed by atoms with E-state index >= 15 is 0 Å². The number of rotatable bonds is 7. The van der Waals surface area contributed by atoms with Gasteiger partial charge in [-0.05, 0) is 12.5 Å². The van der Waals surface area contributed by atoms with Gasteiger partial charge in [-0.2, -0.15) is 0 Å². The van der Waals surface area contributed by atoms with Gasteiger partial charge in [0.05, 0.1) is 26.4 Å². The second-order valence-corrected chi connectivity index (χ2v) is 6.92. The Morgan fingerprint density at radius 3 is 2.59 bits per heavy atom. The average molecular weight is 422 g/mol. The number of aliphatic hydroxyl groups is 1. The molecule has 2 fully saturated rings. The number of likely N-dealkylation sites (tertiary alicyclic amines) is 1. The lowest BCUT2D eigenvalue weighted by Crippen LogP contribution is -2.53. The molecule has 0 radical (unpaired) electrons. The van der Waals surface area contributed by atoms with Crippen molar-refractivity contribution < 1.29 is 14.6 Å². The Morgan fingerprint density at radius 1 is 1.15 bits per heavy atom. The molecule has 0 amide bonds. The smallest absolute Gasteiger partial charge is 0.123 e. The van der Waals surface area contributed by atoms with Crippen molar-refractivity contribution in [3.8, 4) is 5.75 Å². The van der Waals surface area contributed by atoms with Gasteiger partial charge in [0.2, 0.25) is 0 Å². The molecule has 2 saturated heterocycles. The monoisotopic (exact) mass is 421 g/mol. The maximum atomic E-state index is 10.5. The highest BCUT2D eigenvalue weighted by atomic mass is 35.5. The maximum Gasteiger partial charge on any atom is 0.123 e. The van der Waals surface area contributed by atoms with Crippen LogP contribution in [-0.2, 0) is 11.3 Å². The van der Waals surface area contributed by atoms with Crippen LogP contribution in [0.1, 0.15) is 12.0 Å². The largest absolute Gasteiger partial charge is 0.496 e. The number of para-hydroxylation sites is 1. The minimum atomic E-state index is -0.326. The molecule has 8 heteroatoms. The summed E-state index contributed by atoms with van der Waals surface area (Å²) in [7, 11) is 1.71. The van der Waals surface area contributed by atoms with Crippen molar-refractivity contribution in [1.29, 1.82) is 0 Å². The standard InChI is InChI=1S/C19H31N3O3.2ClH/c1-24-19-5-3-2-4-16(19)14-22-8-6-17(18(23)15-22)20-7-9-21-10-12-25-13-11-21;;/h2-5,17-18,20,23H,6-15H2,1H3;2*1H/t17-,18-;;/m1../s1. The summed E-state index contributed by atoms with van der Waals surface area (Å²) in [6.07, 6.45) is 0.646. The topological polar surface area (TPSA) is 57.2 Å². The number of β-amino-alcohol motifs (C(OH)–C–C–N with tert-alkyl or cyclic N) is 1. The first-order valence-corrected chi connectivity index (χ1v) is 9.32. The minimum Gasteiger partial charge on any atom is -0.496 e. The number of halogens is 2. The number of methoxy groups -OCH3 is 1. The Hall–Kier alpha value is -0.600. The third-order valence-electron chi connectivity index (χ3n) is 5.19. The fraction of sp³-hybridized carbons (Fsp3) is 0.684. The number of nitrogens with zero attached hydrogens (tertiary/aromatic N) is 2. The van der Waals surface area contributed by atoms with E-state index in [4.69, 9.17) is 9.47 Å². The van der Waals surface area contributed by atoms with E-state index in [1.807, 2.05) is 18.2 Å². The molecule has 2 aliphatic rings. The highest BCUT2D eigenvalue weighted by Crippen LogP contribution is 2.21. The van der Waals surface area contributed by atoms with Crippen LogP contribution in [0, 0.1) is 0 Å². The van der Waals surface area contributed by atoms with Gasteiger partial charge in [0, 0.05) is 57.4 Å². The van der Waals surface area contributed by atoms with Crippen LogP contribution >= 0.6 is 24.8 Å². The van der Waals surface area contributed by atoms with E-state index in [2.05, 4.69) is 21.2 Å². The highest BCUT2D eigenvalue weighted by Gasteiger charge is 2.27. The van der Waals surface area contributed by atoms with Crippen LogP contribution in [0.5, 0.6) is 5.75 Å². The molecule has 1 aromatic rings. The van der Waals surface area contributed by atoms with Gasteiger partial charge in [-0.15, -0.1) is 24.8 Å². The number of piperidine rings is 1. The van der Waals surface area contributed by atoms with Crippen molar-refractivity contribution >= 4 is 24.8 Å². The molecule has 0 spiro atoms. The normalized spacial score (nSPS) is 23.9. The molecular weight excluding hydrogens is 389 g/mol. The van der Waals surface area contributed by atoms with Crippen molar-refractivity contribution in [3.05, 3.63) is 29.8 Å². The molecule has 0 aromatic heterocycles. The van der Waals surface area contributed by atoms with E-state index in [1.165, 1.54) is 5.56 Å². The maximum absolute atomic E-state index is 10.5. The van der Waals surface area contributed by atoms with Crippen molar-refractivity contribution in [2.24, 2.45) is 0 Å². The Labute approximate surface area is 175 Å². The lowest BCUT2D eigenvalue weighted by atomic mass is 10.0. The number of nitrogens with one attached hydrogen (secondary N) is 1. The molecule has 0 bridgehead atoms. The molecule has 1 aromatic carbocycles. The molecule has 0 unspecified atom stereocenters. The van der Waals surface area contributed by atoms with Crippen molar-refractivity contribution in [3.63, 3.8) is 0 Å². The second-order valence-electron chi connectivity index (χ2n) is 6.92. The predicted molar refractivity (Wildman–Crippen MR) is 112 cm³/mol. The minimum absolute atomic E-state index is 0. The fourth-order valence-electron chi connectivity index (χ4n) is 3.69. The Morgan fingerprint density at radius 2 is 1.89 bits per heavy atom. The first-order chi connectivity index (χ1) is 12.3. The number of morpholine rings is 1. The molecule has 156 valence electrons. The molecule has 3 rings (SSSR count). The summed E-state index contributed by atoms with van der Waals surface area (Å²) in [5.74, 6) is 0.919. The third kappa shape index (κ3) is 7.38. The molecule has 2 N–H and O–H groups in total. The molecule has 6 nitrogen and oxygen atoms in total. The van der Waals surface area contributed by atoms with Crippen LogP contribution in [0.3, 0.4) is 0 Å². The summed E-state index contributed by atoms with van der Waals surface area (Å²) < 4.78 is 10.8. The Kier molecular flexibility index (Phi) is 11.6. The van der Waals surface area contributed by atoms with E-state index in [0.29, 0.717) is 6.54 Å². The summed E-state index contributed by atoms with van der Waals surface area (Å²) in [5, 5.41) is 14.1. The molecule has 0 saturated carbocycles. The zero-order chi connectivity index (χ0) is 17.5. The van der Waals surface area contributed by atoms with Gasteiger partial charge >= 0.3 is 0 Å². The van der Waals surface area contributed by atoms with E-state index in [1.54, 1.807) is 7.11 Å². The zero-order valence-corrected chi connectivity index (χ0v) is 17.6. The number of benzene rings is 1. The summed E-state index contributed by atoms with van der Waals surface area (Å²) >= 11 is 0. The number of ether oxygens (including phenoxy) is 2. The van der Waals surface area contributed by atoms with E-state index in [9.17, 15) is 5.11 Å². The van der Waals surface area contributed by atoms with Crippen LogP contribution < -0.4 is 10.1 Å². The summed E-state index contributed by atoms with van der Waals surface area (Å²) in [6, 6.07) is 8.30. The van der Waals surface area contributed by atoms with Gasteiger partial charge in [-0.25, -0.2) is 0 Å². The van der Waals surface area contributed by atoms with Crippen molar-refractivity contribution in [2.45, 2.75) is 25.1 Å². The van der Waals surface area contributed by atoms with Gasteiger partial charge in [0.1, 0.15) is 5.75 Å². The SMILES string of the molecule is COc1ccccc1CN1CC[C@@H](NCCN2CCOCC2)[C@H](O)C1.Cl.Cl. The van der Waals surface area contributed by atoms with Crippen LogP contribution in [-0.4, -0.2) is 86.6 Å². The summed E-state index contributed by atoms with van der Waals surface area (Å²) in [5.41, 5.74) is 1.18. The fourth-order valence-corrected chi connectivity index (χ4v) is 3.69. The number of hydrogen-bond donors (Lipinski definition) is 2. The summed E-state index contributed by atoms with van der Waals surface area (Å²) in [6.45, 7) is 8.17. The van der Waals surface area contributed by atoms with Crippen molar-refractivity contribution in [2.75, 3.05) is 59.6 Å². The van der Waals surface area contributed by atoms with Gasteiger partial charge in [0.15, 0.2) is 0 Å². The van der Waals surface area contributed by atoms with Crippen LogP contribution in [0.15, 0.2) is 24.3 Å². The lowest BCUT2D eigenvalue weighted by Gasteiger charge is -2.37. The number of aliphatic hydroxyl groups excluding tert-OH is 1. The molecule has 27 heavy (non-hydrogen) atoms. The molecule has 0 aliphatic carbocycles. The van der Waals surface area contributed by atoms with E-state index in [0.717, 1.165) is 64.7 Å². The first-order valence-electron chi connectivity index (χ1n) is 9.32. The predicted octanol–water partition coefficient (Wildman–Crippen LogP) is 1.40. The Balaban J connectivity index is 0.00000182. The highest BCUT2D eigenvalue weighted by molar-refractivity contribution is 5.85. The molecule has 2 aliphatic heterocycles. The van der Waals surface area contributed by atoms with Crippen LogP contribution in [0.2, 0.25) is 0 Å². The lowest BCUT2D eigenvalue weighted by molar-refractivity contribution is 0.0267. The molecular formula is C19H33Cl2N3O3. The van der Waals surface area contributed by atoms with E-state index in [-0.39, 0.29) is 37.0 Å². The summed E-state index contributed by atoms with van der Waals surface area (Å²) in [4.78, 5) is 4.72. The van der Waals surface area contributed by atoms with E-state index < -0.39 is 0 Å². The molecule has 2 heterocycles. The number of hydrogen-bond acceptors (Lipinski definition) is 6. The average Bonchev–Trinajstić information content (AvgIpc) is 2.65. The second kappa shape index (κ2) is 12.8.